The smallest absolute Gasteiger partial charge is 0.274 e. The molecule has 1 heterocycles. The molecule has 3 N–H and O–H groups in total. The van der Waals surface area contributed by atoms with Crippen molar-refractivity contribution >= 4 is 17.3 Å². The van der Waals surface area contributed by atoms with E-state index in [0.717, 1.165) is 0 Å². The van der Waals surface area contributed by atoms with Gasteiger partial charge < -0.3 is 15.6 Å². The second-order valence-corrected chi connectivity index (χ2v) is 3.66. The first-order chi connectivity index (χ1) is 8.09. The number of nitrogen functional groups attached to an aromatic ring is 1. The molecule has 0 atom stereocenters. The van der Waals surface area contributed by atoms with E-state index in [1.54, 1.807) is 18.2 Å². The first-order valence-corrected chi connectivity index (χ1v) is 5.06. The number of amides is 1. The molecule has 0 aliphatic rings. The summed E-state index contributed by atoms with van der Waals surface area (Å²) >= 11 is 0. The van der Waals surface area contributed by atoms with E-state index in [0.29, 0.717) is 11.4 Å². The van der Waals surface area contributed by atoms with Crippen LogP contribution in [0.1, 0.15) is 10.5 Å². The van der Waals surface area contributed by atoms with Gasteiger partial charge in [0.25, 0.3) is 5.91 Å². The van der Waals surface area contributed by atoms with Crippen molar-refractivity contribution in [3.8, 4) is 0 Å². The number of H-pyrrole nitrogens is 1. The number of rotatable bonds is 2. The molecule has 1 aromatic heterocycles. The van der Waals surface area contributed by atoms with Crippen LogP contribution in [-0.2, 0) is 0 Å². The molecule has 17 heavy (non-hydrogen) atoms. The summed E-state index contributed by atoms with van der Waals surface area (Å²) in [4.78, 5) is 16.0. The van der Waals surface area contributed by atoms with Gasteiger partial charge in [0.2, 0.25) is 0 Å². The van der Waals surface area contributed by atoms with Gasteiger partial charge in [0, 0.05) is 18.9 Å². The summed E-state index contributed by atoms with van der Waals surface area (Å²) in [7, 11) is 1.51. The van der Waals surface area contributed by atoms with Crippen molar-refractivity contribution in [1.29, 1.82) is 0 Å². The molecule has 0 aliphatic heterocycles. The highest BCUT2D eigenvalue weighted by atomic mass is 19.1. The highest BCUT2D eigenvalue weighted by Crippen LogP contribution is 2.19. The predicted octanol–water partition coefficient (Wildman–Crippen LogP) is 2.01. The molecule has 2 rings (SSSR count). The Morgan fingerprint density at radius 3 is 2.71 bits per heavy atom. The van der Waals surface area contributed by atoms with E-state index in [4.69, 9.17) is 5.73 Å². The van der Waals surface area contributed by atoms with E-state index >= 15 is 0 Å². The molecule has 0 bridgehead atoms. The van der Waals surface area contributed by atoms with Crippen LogP contribution in [0.3, 0.4) is 0 Å². The third kappa shape index (κ3) is 2.13. The summed E-state index contributed by atoms with van der Waals surface area (Å²) in [6, 6.07) is 7.61. The van der Waals surface area contributed by atoms with Crippen LogP contribution in [0.2, 0.25) is 0 Å². The first-order valence-electron chi connectivity index (χ1n) is 5.06. The molecule has 0 saturated carbocycles. The van der Waals surface area contributed by atoms with E-state index in [1.807, 2.05) is 0 Å². The average molecular weight is 233 g/mol. The van der Waals surface area contributed by atoms with E-state index in [9.17, 15) is 9.18 Å². The third-order valence-electron chi connectivity index (χ3n) is 2.45. The van der Waals surface area contributed by atoms with Crippen LogP contribution < -0.4 is 10.6 Å². The zero-order valence-corrected chi connectivity index (χ0v) is 9.27. The highest BCUT2D eigenvalue weighted by Gasteiger charge is 2.17. The highest BCUT2D eigenvalue weighted by molar-refractivity contribution is 6.05. The number of aromatic nitrogens is 1. The molecule has 0 saturated heterocycles. The summed E-state index contributed by atoms with van der Waals surface area (Å²) < 4.78 is 13.5. The number of anilines is 2. The number of carbonyl (C=O) groups is 1. The SMILES string of the molecule is CN(C(=O)c1cc(N)c[nH]1)c1ccccc1F. The topological polar surface area (TPSA) is 62.1 Å². The predicted molar refractivity (Wildman–Crippen MR) is 64.3 cm³/mol. The van der Waals surface area contributed by atoms with Gasteiger partial charge in [-0.25, -0.2) is 4.39 Å². The van der Waals surface area contributed by atoms with Gasteiger partial charge in [-0.2, -0.15) is 0 Å². The minimum Gasteiger partial charge on any atom is -0.397 e. The maximum atomic E-state index is 13.5. The molecule has 0 fully saturated rings. The van der Waals surface area contributed by atoms with E-state index in [1.165, 1.54) is 30.3 Å². The lowest BCUT2D eigenvalue weighted by Crippen LogP contribution is -2.27. The van der Waals surface area contributed by atoms with E-state index in [-0.39, 0.29) is 11.6 Å². The zero-order valence-electron chi connectivity index (χ0n) is 9.27. The lowest BCUT2D eigenvalue weighted by atomic mass is 10.2. The van der Waals surface area contributed by atoms with Gasteiger partial charge in [-0.05, 0) is 18.2 Å². The molecule has 0 unspecified atom stereocenters. The normalized spacial score (nSPS) is 10.2. The summed E-state index contributed by atoms with van der Waals surface area (Å²) in [5.74, 6) is -0.783. The van der Waals surface area contributed by atoms with Crippen LogP contribution in [0.5, 0.6) is 0 Å². The fraction of sp³-hybridized carbons (Fsp3) is 0.0833. The van der Waals surface area contributed by atoms with Gasteiger partial charge in [0.15, 0.2) is 0 Å². The number of aromatic amines is 1. The average Bonchev–Trinajstić information content (AvgIpc) is 2.75. The minimum absolute atomic E-state index is 0.227. The summed E-state index contributed by atoms with van der Waals surface area (Å²) in [5.41, 5.74) is 6.53. The van der Waals surface area contributed by atoms with Crippen molar-refractivity contribution < 1.29 is 9.18 Å². The van der Waals surface area contributed by atoms with Crippen molar-refractivity contribution in [2.75, 3.05) is 17.7 Å². The van der Waals surface area contributed by atoms with Crippen molar-refractivity contribution in [1.82, 2.24) is 4.98 Å². The monoisotopic (exact) mass is 233 g/mol. The molecule has 0 spiro atoms. The number of benzene rings is 1. The number of nitrogens with one attached hydrogen (secondary N) is 1. The Kier molecular flexibility index (Phi) is 2.82. The van der Waals surface area contributed by atoms with Crippen LogP contribution in [-0.4, -0.2) is 17.9 Å². The Hall–Kier alpha value is -2.30. The Balaban J connectivity index is 2.29. The fourth-order valence-electron chi connectivity index (χ4n) is 1.55. The maximum Gasteiger partial charge on any atom is 0.274 e. The van der Waals surface area contributed by atoms with Crippen LogP contribution in [0.15, 0.2) is 36.5 Å². The van der Waals surface area contributed by atoms with Crippen LogP contribution in [0.4, 0.5) is 15.8 Å². The summed E-state index contributed by atoms with van der Waals surface area (Å²) in [6.07, 6.45) is 1.52. The van der Waals surface area contributed by atoms with Crippen molar-refractivity contribution in [3.05, 3.63) is 48.0 Å². The Morgan fingerprint density at radius 1 is 1.41 bits per heavy atom. The third-order valence-corrected chi connectivity index (χ3v) is 2.45. The standard InChI is InChI=1S/C12H12FN3O/c1-16(11-5-3-2-4-9(11)13)12(17)10-6-8(14)7-15-10/h2-7,15H,14H2,1H3. The second-order valence-electron chi connectivity index (χ2n) is 3.66. The molecule has 5 heteroatoms. The number of hydrogen-bond acceptors (Lipinski definition) is 2. The fourth-order valence-corrected chi connectivity index (χ4v) is 1.55. The Morgan fingerprint density at radius 2 is 2.12 bits per heavy atom. The van der Waals surface area contributed by atoms with Gasteiger partial charge in [-0.1, -0.05) is 12.1 Å². The Labute approximate surface area is 97.9 Å². The largest absolute Gasteiger partial charge is 0.397 e. The first kappa shape index (κ1) is 11.2. The number of nitrogens with two attached hydrogens (primary N) is 1. The molecular formula is C12H12FN3O. The van der Waals surface area contributed by atoms with Gasteiger partial charge in [-0.3, -0.25) is 4.79 Å². The van der Waals surface area contributed by atoms with Crippen LogP contribution >= 0.6 is 0 Å². The van der Waals surface area contributed by atoms with E-state index < -0.39 is 5.82 Å². The second kappa shape index (κ2) is 4.29. The molecule has 1 amide bonds. The lowest BCUT2D eigenvalue weighted by Gasteiger charge is -2.16. The van der Waals surface area contributed by atoms with E-state index in [2.05, 4.69) is 4.98 Å². The maximum absolute atomic E-state index is 13.5. The molecule has 0 aliphatic carbocycles. The van der Waals surface area contributed by atoms with Crippen molar-refractivity contribution in [2.45, 2.75) is 0 Å². The van der Waals surface area contributed by atoms with Gasteiger partial charge in [0.1, 0.15) is 11.5 Å². The molecule has 4 nitrogen and oxygen atoms in total. The molecule has 1 aromatic carbocycles. The van der Waals surface area contributed by atoms with Crippen LogP contribution in [0.25, 0.3) is 0 Å². The molecule has 88 valence electrons. The van der Waals surface area contributed by atoms with Crippen LogP contribution in [0, 0.1) is 5.82 Å². The minimum atomic E-state index is -0.442. The molecular weight excluding hydrogens is 221 g/mol. The number of para-hydroxylation sites is 1. The lowest BCUT2D eigenvalue weighted by molar-refractivity contribution is 0.0988. The van der Waals surface area contributed by atoms with Crippen molar-refractivity contribution in [2.24, 2.45) is 0 Å². The number of halogens is 1. The zero-order chi connectivity index (χ0) is 12.4. The number of carbonyl (C=O) groups excluding carboxylic acids is 1. The van der Waals surface area contributed by atoms with Crippen molar-refractivity contribution in [3.63, 3.8) is 0 Å². The number of nitrogens with zero attached hydrogens (tertiary/aromatic N) is 1. The number of hydrogen-bond donors (Lipinski definition) is 2. The summed E-state index contributed by atoms with van der Waals surface area (Å²) in [6.45, 7) is 0. The summed E-state index contributed by atoms with van der Waals surface area (Å²) in [5, 5.41) is 0. The Bertz CT molecular complexity index is 550. The molecule has 2 aromatic rings. The molecule has 0 radical (unpaired) electrons. The van der Waals surface area contributed by atoms with Gasteiger partial charge >= 0.3 is 0 Å². The quantitative estimate of drug-likeness (QED) is 0.833. The van der Waals surface area contributed by atoms with Gasteiger partial charge in [-0.15, -0.1) is 0 Å². The van der Waals surface area contributed by atoms with Gasteiger partial charge in [0.05, 0.1) is 5.69 Å².